The van der Waals surface area contributed by atoms with Crippen LogP contribution in [0.15, 0.2) is 89.1 Å². The van der Waals surface area contributed by atoms with Crippen molar-refractivity contribution in [1.82, 2.24) is 20.2 Å². The second-order valence-electron chi connectivity index (χ2n) is 7.98. The first-order chi connectivity index (χ1) is 17.4. The average Bonchev–Trinajstić information content (AvgIpc) is 3.31. The van der Waals surface area contributed by atoms with Crippen molar-refractivity contribution in [2.24, 2.45) is 5.10 Å². The minimum Gasteiger partial charge on any atom is -0.427 e. The van der Waals surface area contributed by atoms with E-state index >= 15 is 0 Å². The summed E-state index contributed by atoms with van der Waals surface area (Å²) in [6, 6.07) is 24.8. The smallest absolute Gasteiger partial charge is 0.308 e. The number of carbonyl (C=O) groups is 2. The fourth-order valence-electron chi connectivity index (χ4n) is 3.37. The number of nitrogens with zero attached hydrogens (tertiary/aromatic N) is 4. The van der Waals surface area contributed by atoms with E-state index in [-0.39, 0.29) is 17.6 Å². The predicted octanol–water partition coefficient (Wildman–Crippen LogP) is 4.80. The van der Waals surface area contributed by atoms with Gasteiger partial charge in [0.2, 0.25) is 0 Å². The highest BCUT2D eigenvalue weighted by Gasteiger charge is 2.17. The van der Waals surface area contributed by atoms with Crippen LogP contribution in [0.4, 0.5) is 0 Å². The molecule has 0 aliphatic carbocycles. The summed E-state index contributed by atoms with van der Waals surface area (Å²) in [7, 11) is 0. The zero-order valence-corrected chi connectivity index (χ0v) is 21.0. The molecule has 4 aromatic rings. The average molecular weight is 500 g/mol. The van der Waals surface area contributed by atoms with Crippen molar-refractivity contribution in [3.8, 4) is 22.8 Å². The molecule has 0 saturated carbocycles. The van der Waals surface area contributed by atoms with Gasteiger partial charge in [-0.1, -0.05) is 59.8 Å². The van der Waals surface area contributed by atoms with E-state index < -0.39 is 0 Å². The lowest BCUT2D eigenvalue weighted by molar-refractivity contribution is -0.131. The van der Waals surface area contributed by atoms with E-state index in [9.17, 15) is 9.59 Å². The Balaban J connectivity index is 1.46. The second-order valence-corrected chi connectivity index (χ2v) is 8.92. The number of ether oxygens (including phenoxy) is 1. The van der Waals surface area contributed by atoms with Crippen molar-refractivity contribution >= 4 is 29.4 Å². The van der Waals surface area contributed by atoms with Crippen molar-refractivity contribution in [3.05, 3.63) is 90.0 Å². The molecule has 3 aromatic carbocycles. The molecule has 1 heterocycles. The number of rotatable bonds is 8. The normalized spacial score (nSPS) is 11.2. The lowest BCUT2D eigenvalue weighted by Crippen LogP contribution is -2.21. The molecular formula is C27H25N5O3S. The molecule has 0 unspecified atom stereocenters. The number of benzene rings is 3. The van der Waals surface area contributed by atoms with E-state index in [4.69, 9.17) is 4.74 Å². The number of aromatic nitrogens is 3. The van der Waals surface area contributed by atoms with Crippen molar-refractivity contribution in [3.63, 3.8) is 0 Å². The van der Waals surface area contributed by atoms with Gasteiger partial charge in [-0.2, -0.15) is 5.10 Å². The molecular weight excluding hydrogens is 474 g/mol. The number of nitrogens with one attached hydrogen (secondary N) is 1. The molecule has 9 heteroatoms. The number of esters is 1. The van der Waals surface area contributed by atoms with E-state index in [1.807, 2.05) is 66.1 Å². The summed E-state index contributed by atoms with van der Waals surface area (Å²) in [4.78, 5) is 23.6. The van der Waals surface area contributed by atoms with E-state index in [2.05, 4.69) is 20.7 Å². The van der Waals surface area contributed by atoms with Crippen LogP contribution < -0.4 is 10.2 Å². The lowest BCUT2D eigenvalue weighted by atomic mass is 10.1. The van der Waals surface area contributed by atoms with E-state index in [0.29, 0.717) is 22.4 Å². The topological polar surface area (TPSA) is 98.5 Å². The van der Waals surface area contributed by atoms with Crippen molar-refractivity contribution < 1.29 is 14.3 Å². The highest BCUT2D eigenvalue weighted by molar-refractivity contribution is 7.99. The lowest BCUT2D eigenvalue weighted by Gasteiger charge is -2.10. The molecule has 0 radical (unpaired) electrons. The fourth-order valence-corrected chi connectivity index (χ4v) is 4.11. The zero-order chi connectivity index (χ0) is 25.5. The summed E-state index contributed by atoms with van der Waals surface area (Å²) < 4.78 is 6.98. The van der Waals surface area contributed by atoms with Crippen LogP contribution in [0.3, 0.4) is 0 Å². The Morgan fingerprint density at radius 2 is 1.64 bits per heavy atom. The van der Waals surface area contributed by atoms with Gasteiger partial charge < -0.3 is 4.74 Å². The second kappa shape index (κ2) is 11.5. The van der Waals surface area contributed by atoms with Crippen molar-refractivity contribution in [2.75, 3.05) is 5.75 Å². The number of hydrogen-bond acceptors (Lipinski definition) is 7. The maximum Gasteiger partial charge on any atom is 0.308 e. The van der Waals surface area contributed by atoms with Crippen LogP contribution in [-0.4, -0.2) is 38.1 Å². The molecule has 0 spiro atoms. The zero-order valence-electron chi connectivity index (χ0n) is 20.1. The molecule has 4 rings (SSSR count). The Labute approximate surface area is 213 Å². The van der Waals surface area contributed by atoms with E-state index in [1.54, 1.807) is 31.2 Å². The van der Waals surface area contributed by atoms with Crippen molar-refractivity contribution in [2.45, 2.75) is 25.9 Å². The van der Waals surface area contributed by atoms with Gasteiger partial charge in [0.1, 0.15) is 5.75 Å². The Bertz CT molecular complexity index is 1380. The first-order valence-electron chi connectivity index (χ1n) is 11.2. The molecule has 0 aliphatic heterocycles. The van der Waals surface area contributed by atoms with Gasteiger partial charge in [-0.05, 0) is 55.8 Å². The quantitative estimate of drug-likeness (QED) is 0.123. The summed E-state index contributed by atoms with van der Waals surface area (Å²) in [6.07, 6.45) is 0. The van der Waals surface area contributed by atoms with E-state index in [0.717, 1.165) is 22.4 Å². The third-order valence-corrected chi connectivity index (χ3v) is 6.10. The number of carbonyl (C=O) groups excluding carboxylic acids is 2. The number of aryl methyl sites for hydroxylation is 1. The van der Waals surface area contributed by atoms with Gasteiger partial charge in [0.05, 0.1) is 11.5 Å². The first-order valence-corrected chi connectivity index (χ1v) is 12.2. The summed E-state index contributed by atoms with van der Waals surface area (Å²) in [5.41, 5.74) is 7.00. The Kier molecular flexibility index (Phi) is 7.92. The van der Waals surface area contributed by atoms with Gasteiger partial charge in [-0.25, -0.2) is 5.43 Å². The van der Waals surface area contributed by atoms with Crippen LogP contribution >= 0.6 is 11.8 Å². The largest absolute Gasteiger partial charge is 0.427 e. The highest BCUT2D eigenvalue weighted by Crippen LogP contribution is 2.28. The number of hydrogen-bond donors (Lipinski definition) is 1. The summed E-state index contributed by atoms with van der Waals surface area (Å²) in [5.74, 6) is 0.615. The Morgan fingerprint density at radius 3 is 2.31 bits per heavy atom. The molecule has 36 heavy (non-hydrogen) atoms. The van der Waals surface area contributed by atoms with Gasteiger partial charge in [0.15, 0.2) is 11.0 Å². The third-order valence-electron chi connectivity index (χ3n) is 5.17. The molecule has 0 aliphatic rings. The SMILES string of the molecule is CC(=O)Oc1ccc(/C(C)=N/NC(=O)CSc2nnc(-c3ccccc3)n2-c2ccc(C)cc2)cc1. The monoisotopic (exact) mass is 499 g/mol. The minimum absolute atomic E-state index is 0.112. The molecule has 182 valence electrons. The summed E-state index contributed by atoms with van der Waals surface area (Å²) in [6.45, 7) is 5.17. The Hall–Kier alpha value is -4.24. The standard InChI is InChI=1S/C27H25N5O3S/c1-18-9-13-23(14-10-18)32-26(22-7-5-4-6-8-22)30-31-27(32)36-17-25(34)29-28-19(2)21-11-15-24(16-12-21)35-20(3)33/h4-16H,17H2,1-3H3,(H,29,34)/b28-19+. The third kappa shape index (κ3) is 6.25. The van der Waals surface area contributed by atoms with Crippen LogP contribution in [0.25, 0.3) is 17.1 Å². The van der Waals surface area contributed by atoms with Gasteiger partial charge >= 0.3 is 5.97 Å². The molecule has 1 N–H and O–H groups in total. The highest BCUT2D eigenvalue weighted by atomic mass is 32.2. The number of thioether (sulfide) groups is 1. The van der Waals surface area contributed by atoms with Crippen molar-refractivity contribution in [1.29, 1.82) is 0 Å². The van der Waals surface area contributed by atoms with Crippen LogP contribution in [0, 0.1) is 6.92 Å². The van der Waals surface area contributed by atoms with E-state index in [1.165, 1.54) is 18.7 Å². The molecule has 1 aromatic heterocycles. The van der Waals surface area contributed by atoms with Gasteiger partial charge in [0, 0.05) is 18.2 Å². The molecule has 0 fully saturated rings. The van der Waals surface area contributed by atoms with Gasteiger partial charge in [0.25, 0.3) is 5.91 Å². The van der Waals surface area contributed by atoms with Gasteiger partial charge in [-0.3, -0.25) is 14.2 Å². The maximum absolute atomic E-state index is 12.5. The number of amides is 1. The molecule has 0 saturated heterocycles. The van der Waals surface area contributed by atoms with Crippen LogP contribution in [-0.2, 0) is 9.59 Å². The minimum atomic E-state index is -0.382. The molecule has 0 bridgehead atoms. The summed E-state index contributed by atoms with van der Waals surface area (Å²) in [5, 5.41) is 13.6. The molecule has 1 amide bonds. The van der Waals surface area contributed by atoms with Gasteiger partial charge in [-0.15, -0.1) is 10.2 Å². The first kappa shape index (κ1) is 24.9. The van der Waals surface area contributed by atoms with Crippen LogP contribution in [0.2, 0.25) is 0 Å². The summed E-state index contributed by atoms with van der Waals surface area (Å²) >= 11 is 1.28. The molecule has 0 atom stereocenters. The Morgan fingerprint density at radius 1 is 0.944 bits per heavy atom. The van der Waals surface area contributed by atoms with Crippen LogP contribution in [0.5, 0.6) is 5.75 Å². The maximum atomic E-state index is 12.5. The predicted molar refractivity (Wildman–Crippen MR) is 140 cm³/mol. The fraction of sp³-hybridized carbons (Fsp3) is 0.148. The van der Waals surface area contributed by atoms with Crippen LogP contribution in [0.1, 0.15) is 25.0 Å². The number of hydrazone groups is 1. The molecule has 8 nitrogen and oxygen atoms in total.